The van der Waals surface area contributed by atoms with Crippen molar-refractivity contribution in [2.45, 2.75) is 13.0 Å². The predicted octanol–water partition coefficient (Wildman–Crippen LogP) is 1.52. The molecule has 0 amide bonds. The number of hydrogen-bond donors (Lipinski definition) is 2. The minimum Gasteiger partial charge on any atom is -0.396 e. The van der Waals surface area contributed by atoms with Crippen LogP contribution >= 0.6 is 11.6 Å². The second-order valence-corrected chi connectivity index (χ2v) is 4.08. The van der Waals surface area contributed by atoms with Crippen LogP contribution in [-0.2, 0) is 6.54 Å². The van der Waals surface area contributed by atoms with E-state index in [1.54, 1.807) is 0 Å². The molecule has 0 aromatic heterocycles. The molecule has 1 rings (SSSR count). The fourth-order valence-corrected chi connectivity index (χ4v) is 1.77. The lowest BCUT2D eigenvalue weighted by Crippen LogP contribution is -2.28. The van der Waals surface area contributed by atoms with Crippen molar-refractivity contribution in [3.05, 3.63) is 34.9 Å². The van der Waals surface area contributed by atoms with Crippen LogP contribution in [0.1, 0.15) is 12.0 Å². The van der Waals surface area contributed by atoms with Crippen molar-refractivity contribution in [2.75, 3.05) is 26.3 Å². The standard InChI is InChI=1S/C12H18ClNO2/c13-12-5-2-1-4-11(12)10-14(7-9-16)6-3-8-15/h1-2,4-5,15-16H,3,6-10H2. The van der Waals surface area contributed by atoms with Crippen LogP contribution in [0.5, 0.6) is 0 Å². The first-order valence-corrected chi connectivity index (χ1v) is 5.83. The molecule has 0 atom stereocenters. The first-order valence-electron chi connectivity index (χ1n) is 5.45. The lowest BCUT2D eigenvalue weighted by molar-refractivity contribution is 0.174. The minimum atomic E-state index is 0.121. The quantitative estimate of drug-likeness (QED) is 0.763. The Bertz CT molecular complexity index is 307. The fourth-order valence-electron chi connectivity index (χ4n) is 1.57. The Morgan fingerprint density at radius 2 is 1.81 bits per heavy atom. The van der Waals surface area contributed by atoms with Crippen molar-refractivity contribution in [1.29, 1.82) is 0 Å². The first-order chi connectivity index (χ1) is 7.77. The van der Waals surface area contributed by atoms with Gasteiger partial charge >= 0.3 is 0 Å². The second-order valence-electron chi connectivity index (χ2n) is 3.67. The molecule has 1 aromatic rings. The highest BCUT2D eigenvalue weighted by atomic mass is 35.5. The van der Waals surface area contributed by atoms with Gasteiger partial charge < -0.3 is 10.2 Å². The maximum absolute atomic E-state index is 8.95. The van der Waals surface area contributed by atoms with Crippen LogP contribution in [-0.4, -0.2) is 41.4 Å². The van der Waals surface area contributed by atoms with Gasteiger partial charge in [0, 0.05) is 31.3 Å². The zero-order valence-corrected chi connectivity index (χ0v) is 10.0. The molecule has 3 nitrogen and oxygen atoms in total. The summed E-state index contributed by atoms with van der Waals surface area (Å²) in [6.45, 7) is 2.37. The molecule has 0 bridgehead atoms. The third kappa shape index (κ3) is 4.49. The van der Waals surface area contributed by atoms with E-state index in [0.717, 1.165) is 17.1 Å². The number of aliphatic hydroxyl groups excluding tert-OH is 2. The largest absolute Gasteiger partial charge is 0.396 e. The van der Waals surface area contributed by atoms with E-state index < -0.39 is 0 Å². The zero-order chi connectivity index (χ0) is 11.8. The van der Waals surface area contributed by atoms with Crippen LogP contribution in [0, 0.1) is 0 Å². The molecule has 2 N–H and O–H groups in total. The Morgan fingerprint density at radius 1 is 1.06 bits per heavy atom. The average Bonchev–Trinajstić information content (AvgIpc) is 2.29. The number of rotatable bonds is 7. The molecule has 0 saturated heterocycles. The molecule has 0 fully saturated rings. The molecule has 0 aliphatic rings. The topological polar surface area (TPSA) is 43.7 Å². The van der Waals surface area contributed by atoms with Gasteiger partial charge in [0.2, 0.25) is 0 Å². The molecule has 0 aliphatic carbocycles. The van der Waals surface area contributed by atoms with E-state index in [2.05, 4.69) is 4.90 Å². The monoisotopic (exact) mass is 243 g/mol. The Kier molecular flexibility index (Phi) is 6.42. The van der Waals surface area contributed by atoms with Gasteiger partial charge in [-0.1, -0.05) is 29.8 Å². The van der Waals surface area contributed by atoms with Gasteiger partial charge in [0.15, 0.2) is 0 Å². The smallest absolute Gasteiger partial charge is 0.0558 e. The molecule has 0 radical (unpaired) electrons. The minimum absolute atomic E-state index is 0.121. The Morgan fingerprint density at radius 3 is 2.44 bits per heavy atom. The van der Waals surface area contributed by atoms with E-state index in [4.69, 9.17) is 21.8 Å². The van der Waals surface area contributed by atoms with Crippen molar-refractivity contribution < 1.29 is 10.2 Å². The molecule has 1 aromatic carbocycles. The molecular weight excluding hydrogens is 226 g/mol. The van der Waals surface area contributed by atoms with Crippen LogP contribution in [0.2, 0.25) is 5.02 Å². The molecule has 4 heteroatoms. The van der Waals surface area contributed by atoms with E-state index in [-0.39, 0.29) is 13.2 Å². The molecule has 0 saturated carbocycles. The summed E-state index contributed by atoms with van der Waals surface area (Å²) in [5.74, 6) is 0. The van der Waals surface area contributed by atoms with Gasteiger partial charge in [0.25, 0.3) is 0 Å². The number of nitrogens with zero attached hydrogens (tertiary/aromatic N) is 1. The lowest BCUT2D eigenvalue weighted by Gasteiger charge is -2.21. The van der Waals surface area contributed by atoms with Crippen molar-refractivity contribution in [3.8, 4) is 0 Å². The summed E-state index contributed by atoms with van der Waals surface area (Å²) in [5.41, 5.74) is 1.05. The van der Waals surface area contributed by atoms with E-state index in [1.807, 2.05) is 24.3 Å². The highest BCUT2D eigenvalue weighted by Crippen LogP contribution is 2.16. The van der Waals surface area contributed by atoms with Crippen molar-refractivity contribution in [2.24, 2.45) is 0 Å². The molecule has 90 valence electrons. The maximum atomic E-state index is 8.95. The van der Waals surface area contributed by atoms with E-state index in [1.165, 1.54) is 0 Å². The van der Waals surface area contributed by atoms with Gasteiger partial charge in [-0.3, -0.25) is 4.90 Å². The third-order valence-corrected chi connectivity index (χ3v) is 2.77. The zero-order valence-electron chi connectivity index (χ0n) is 9.27. The number of hydrogen-bond acceptors (Lipinski definition) is 3. The van der Waals surface area contributed by atoms with E-state index >= 15 is 0 Å². The van der Waals surface area contributed by atoms with Gasteiger partial charge in [0.1, 0.15) is 0 Å². The van der Waals surface area contributed by atoms with Gasteiger partial charge in [-0.15, -0.1) is 0 Å². The third-order valence-electron chi connectivity index (χ3n) is 2.40. The Balaban J connectivity index is 2.56. The molecule has 16 heavy (non-hydrogen) atoms. The van der Waals surface area contributed by atoms with Crippen LogP contribution in [0.25, 0.3) is 0 Å². The summed E-state index contributed by atoms with van der Waals surface area (Å²) >= 11 is 6.06. The SMILES string of the molecule is OCCCN(CCO)Cc1ccccc1Cl. The summed E-state index contributed by atoms with van der Waals surface area (Å²) in [5, 5.41) is 18.5. The lowest BCUT2D eigenvalue weighted by atomic mass is 10.2. The molecule has 0 aliphatic heterocycles. The summed E-state index contributed by atoms with van der Waals surface area (Å²) in [7, 11) is 0. The molecule has 0 heterocycles. The fraction of sp³-hybridized carbons (Fsp3) is 0.500. The summed E-state index contributed by atoms with van der Waals surface area (Å²) in [4.78, 5) is 2.08. The first kappa shape index (κ1) is 13.5. The van der Waals surface area contributed by atoms with E-state index in [0.29, 0.717) is 19.5 Å². The number of halogens is 1. The van der Waals surface area contributed by atoms with Crippen LogP contribution in [0.4, 0.5) is 0 Å². The molecule has 0 spiro atoms. The van der Waals surface area contributed by atoms with Crippen LogP contribution in [0.15, 0.2) is 24.3 Å². The number of aliphatic hydroxyl groups is 2. The highest BCUT2D eigenvalue weighted by Gasteiger charge is 2.07. The Labute approximate surface area is 101 Å². The van der Waals surface area contributed by atoms with Crippen molar-refractivity contribution in [1.82, 2.24) is 4.90 Å². The summed E-state index contributed by atoms with van der Waals surface area (Å²) < 4.78 is 0. The molecular formula is C12H18ClNO2. The van der Waals surface area contributed by atoms with Crippen LogP contribution in [0.3, 0.4) is 0 Å². The van der Waals surface area contributed by atoms with Gasteiger partial charge in [0.05, 0.1) is 6.61 Å². The van der Waals surface area contributed by atoms with Gasteiger partial charge in [-0.05, 0) is 18.1 Å². The highest BCUT2D eigenvalue weighted by molar-refractivity contribution is 6.31. The Hall–Kier alpha value is -0.610. The number of benzene rings is 1. The van der Waals surface area contributed by atoms with E-state index in [9.17, 15) is 0 Å². The maximum Gasteiger partial charge on any atom is 0.0558 e. The summed E-state index contributed by atoms with van der Waals surface area (Å²) in [6, 6.07) is 7.69. The van der Waals surface area contributed by atoms with Crippen molar-refractivity contribution in [3.63, 3.8) is 0 Å². The average molecular weight is 244 g/mol. The molecule has 0 unspecified atom stereocenters. The van der Waals surface area contributed by atoms with Gasteiger partial charge in [-0.2, -0.15) is 0 Å². The normalized spacial score (nSPS) is 11.0. The van der Waals surface area contributed by atoms with Crippen molar-refractivity contribution >= 4 is 11.6 Å². The van der Waals surface area contributed by atoms with Crippen LogP contribution < -0.4 is 0 Å². The van der Waals surface area contributed by atoms with Gasteiger partial charge in [-0.25, -0.2) is 0 Å². The predicted molar refractivity (Wildman–Crippen MR) is 65.5 cm³/mol. The summed E-state index contributed by atoms with van der Waals surface area (Å²) in [6.07, 6.45) is 0.713. The second kappa shape index (κ2) is 7.63.